The second-order valence-corrected chi connectivity index (χ2v) is 6.71. The number of nitrogens with zero attached hydrogens (tertiary/aromatic N) is 5. The lowest BCUT2D eigenvalue weighted by Crippen LogP contribution is -2.43. The number of aryl methyl sites for hydroxylation is 1. The van der Waals surface area contributed by atoms with Crippen molar-refractivity contribution >= 4 is 17.5 Å². The second kappa shape index (κ2) is 8.72. The maximum absolute atomic E-state index is 12.7. The molecule has 3 rings (SSSR count). The molecular formula is C18H24N6O3. The highest BCUT2D eigenvalue weighted by molar-refractivity contribution is 5.95. The summed E-state index contributed by atoms with van der Waals surface area (Å²) in [5, 5.41) is 13.7. The van der Waals surface area contributed by atoms with Gasteiger partial charge in [-0.1, -0.05) is 12.1 Å². The van der Waals surface area contributed by atoms with E-state index in [1.807, 2.05) is 32.0 Å². The summed E-state index contributed by atoms with van der Waals surface area (Å²) < 4.78 is 6.97. The van der Waals surface area contributed by atoms with E-state index < -0.39 is 0 Å². The molecule has 1 aliphatic heterocycles. The number of carbonyl (C=O) groups excluding carboxylic acids is 2. The van der Waals surface area contributed by atoms with Crippen molar-refractivity contribution in [3.63, 3.8) is 0 Å². The van der Waals surface area contributed by atoms with Crippen LogP contribution in [0.25, 0.3) is 0 Å². The van der Waals surface area contributed by atoms with Crippen LogP contribution in [0.5, 0.6) is 0 Å². The van der Waals surface area contributed by atoms with E-state index in [4.69, 9.17) is 4.74 Å². The lowest BCUT2D eigenvalue weighted by atomic mass is 10.1. The minimum Gasteiger partial charge on any atom is -0.376 e. The standard InChI is InChI=1S/C18H24N6O3/c1-13-5-3-7-16(14(13)2)20-17(25)10-23(9-15-6-4-8-27-15)18(26)11-24-12-19-21-22-24/h3,5,7,12,15H,4,6,8-11H2,1-2H3,(H,20,25)/t15-/m0/s1. The molecule has 1 aromatic heterocycles. The molecule has 1 atom stereocenters. The molecule has 0 saturated carbocycles. The van der Waals surface area contributed by atoms with Gasteiger partial charge in [-0.25, -0.2) is 4.68 Å². The van der Waals surface area contributed by atoms with Crippen molar-refractivity contribution in [3.8, 4) is 0 Å². The third-order valence-corrected chi connectivity index (χ3v) is 4.70. The van der Waals surface area contributed by atoms with Crippen molar-refractivity contribution in [2.75, 3.05) is 25.0 Å². The second-order valence-electron chi connectivity index (χ2n) is 6.71. The fraction of sp³-hybridized carbons (Fsp3) is 0.500. The molecule has 1 N–H and O–H groups in total. The number of hydrogen-bond acceptors (Lipinski definition) is 6. The fourth-order valence-corrected chi connectivity index (χ4v) is 3.03. The lowest BCUT2D eigenvalue weighted by molar-refractivity contribution is -0.137. The number of benzene rings is 1. The van der Waals surface area contributed by atoms with Gasteiger partial charge in [0, 0.05) is 18.8 Å². The first-order valence-electron chi connectivity index (χ1n) is 8.99. The maximum atomic E-state index is 12.7. The molecule has 1 aromatic carbocycles. The minimum atomic E-state index is -0.244. The molecule has 1 saturated heterocycles. The summed E-state index contributed by atoms with van der Waals surface area (Å²) in [6.07, 6.45) is 3.18. The summed E-state index contributed by atoms with van der Waals surface area (Å²) in [6, 6.07) is 5.74. The molecular weight excluding hydrogens is 348 g/mol. The lowest BCUT2D eigenvalue weighted by Gasteiger charge is -2.25. The van der Waals surface area contributed by atoms with Crippen LogP contribution in [0.2, 0.25) is 0 Å². The highest BCUT2D eigenvalue weighted by Gasteiger charge is 2.25. The molecule has 1 fully saturated rings. The van der Waals surface area contributed by atoms with Crippen LogP contribution in [0.3, 0.4) is 0 Å². The largest absolute Gasteiger partial charge is 0.376 e. The molecule has 0 unspecified atom stereocenters. The molecule has 27 heavy (non-hydrogen) atoms. The molecule has 9 nitrogen and oxygen atoms in total. The Balaban J connectivity index is 1.66. The van der Waals surface area contributed by atoms with Gasteiger partial charge in [-0.2, -0.15) is 0 Å². The molecule has 2 heterocycles. The van der Waals surface area contributed by atoms with Gasteiger partial charge in [0.25, 0.3) is 0 Å². The van der Waals surface area contributed by atoms with Crippen molar-refractivity contribution in [2.45, 2.75) is 39.3 Å². The van der Waals surface area contributed by atoms with E-state index in [1.165, 1.54) is 15.9 Å². The molecule has 0 bridgehead atoms. The van der Waals surface area contributed by atoms with Crippen LogP contribution >= 0.6 is 0 Å². The van der Waals surface area contributed by atoms with Gasteiger partial charge in [-0.05, 0) is 54.3 Å². The highest BCUT2D eigenvalue weighted by Crippen LogP contribution is 2.18. The van der Waals surface area contributed by atoms with Gasteiger partial charge in [0.2, 0.25) is 11.8 Å². The molecule has 0 aliphatic carbocycles. The molecule has 1 aliphatic rings. The SMILES string of the molecule is Cc1cccc(NC(=O)CN(C[C@@H]2CCCO2)C(=O)Cn2cnnn2)c1C. The van der Waals surface area contributed by atoms with E-state index in [9.17, 15) is 9.59 Å². The fourth-order valence-electron chi connectivity index (χ4n) is 3.03. The van der Waals surface area contributed by atoms with Crippen molar-refractivity contribution in [3.05, 3.63) is 35.7 Å². The zero-order valence-electron chi connectivity index (χ0n) is 15.6. The first-order chi connectivity index (χ1) is 13.0. The van der Waals surface area contributed by atoms with Gasteiger partial charge >= 0.3 is 0 Å². The molecule has 2 amide bonds. The number of nitrogens with one attached hydrogen (secondary N) is 1. The average molecular weight is 372 g/mol. The zero-order chi connectivity index (χ0) is 19.2. The summed E-state index contributed by atoms with van der Waals surface area (Å²) in [7, 11) is 0. The summed E-state index contributed by atoms with van der Waals surface area (Å²) >= 11 is 0. The molecule has 9 heteroatoms. The van der Waals surface area contributed by atoms with Gasteiger partial charge in [-0.3, -0.25) is 9.59 Å². The Morgan fingerprint density at radius 3 is 2.93 bits per heavy atom. The number of rotatable bonds is 7. The quantitative estimate of drug-likeness (QED) is 0.776. The van der Waals surface area contributed by atoms with Gasteiger partial charge in [0.15, 0.2) is 0 Å². The predicted molar refractivity (Wildman–Crippen MR) is 97.9 cm³/mol. The van der Waals surface area contributed by atoms with Crippen molar-refractivity contribution in [2.24, 2.45) is 0 Å². The highest BCUT2D eigenvalue weighted by atomic mass is 16.5. The Kier molecular flexibility index (Phi) is 6.12. The third kappa shape index (κ3) is 5.10. The maximum Gasteiger partial charge on any atom is 0.244 e. The van der Waals surface area contributed by atoms with Gasteiger partial charge < -0.3 is 15.0 Å². The Bertz CT molecular complexity index is 786. The zero-order valence-corrected chi connectivity index (χ0v) is 15.6. The number of tetrazole rings is 1. The van der Waals surface area contributed by atoms with Crippen LogP contribution in [0.4, 0.5) is 5.69 Å². The number of anilines is 1. The van der Waals surface area contributed by atoms with E-state index >= 15 is 0 Å². The smallest absolute Gasteiger partial charge is 0.244 e. The van der Waals surface area contributed by atoms with E-state index in [0.29, 0.717) is 13.2 Å². The molecule has 0 radical (unpaired) electrons. The Hall–Kier alpha value is -2.81. The van der Waals surface area contributed by atoms with Gasteiger partial charge in [0.05, 0.1) is 6.10 Å². The third-order valence-electron chi connectivity index (χ3n) is 4.70. The number of hydrogen-bond donors (Lipinski definition) is 1. The van der Waals surface area contributed by atoms with Gasteiger partial charge in [0.1, 0.15) is 19.4 Å². The van der Waals surface area contributed by atoms with E-state index in [2.05, 4.69) is 20.8 Å². The van der Waals surface area contributed by atoms with Crippen LogP contribution in [0.1, 0.15) is 24.0 Å². The van der Waals surface area contributed by atoms with Crippen LogP contribution in [0, 0.1) is 13.8 Å². The van der Waals surface area contributed by atoms with Gasteiger partial charge in [-0.15, -0.1) is 5.10 Å². The Morgan fingerprint density at radius 2 is 2.22 bits per heavy atom. The first-order valence-corrected chi connectivity index (χ1v) is 8.99. The summed E-state index contributed by atoms with van der Waals surface area (Å²) in [5.41, 5.74) is 2.86. The van der Waals surface area contributed by atoms with Crippen LogP contribution in [-0.2, 0) is 20.9 Å². The summed E-state index contributed by atoms with van der Waals surface area (Å²) in [5.74, 6) is -0.472. The first kappa shape index (κ1) is 19.0. The number of aromatic nitrogens is 4. The van der Waals surface area contributed by atoms with E-state index in [0.717, 1.165) is 29.7 Å². The summed E-state index contributed by atoms with van der Waals surface area (Å²) in [4.78, 5) is 26.8. The normalized spacial score (nSPS) is 16.3. The minimum absolute atomic E-state index is 0.0174. The number of ether oxygens (including phenoxy) is 1. The van der Waals surface area contributed by atoms with Crippen molar-refractivity contribution in [1.29, 1.82) is 0 Å². The molecule has 2 aromatic rings. The van der Waals surface area contributed by atoms with Crippen molar-refractivity contribution < 1.29 is 14.3 Å². The van der Waals surface area contributed by atoms with Crippen LogP contribution in [-0.4, -0.2) is 62.7 Å². The van der Waals surface area contributed by atoms with Crippen LogP contribution in [0.15, 0.2) is 24.5 Å². The van der Waals surface area contributed by atoms with Crippen LogP contribution < -0.4 is 5.32 Å². The van der Waals surface area contributed by atoms with Crippen molar-refractivity contribution in [1.82, 2.24) is 25.1 Å². The summed E-state index contributed by atoms with van der Waals surface area (Å²) in [6.45, 7) is 4.95. The Labute approximate surface area is 157 Å². The van der Waals surface area contributed by atoms with E-state index in [1.54, 1.807) is 0 Å². The Morgan fingerprint density at radius 1 is 1.37 bits per heavy atom. The monoisotopic (exact) mass is 372 g/mol. The molecule has 144 valence electrons. The van der Waals surface area contributed by atoms with E-state index in [-0.39, 0.29) is 31.0 Å². The average Bonchev–Trinajstić information content (AvgIpc) is 3.32. The molecule has 0 spiro atoms. The number of carbonyl (C=O) groups is 2. The topological polar surface area (TPSA) is 102 Å². The predicted octanol–water partition coefficient (Wildman–Crippen LogP) is 0.936. The number of amides is 2.